The Hall–Kier alpha value is -2.73. The molecule has 3 aliphatic rings. The molecule has 2 aliphatic carbocycles. The third-order valence-electron chi connectivity index (χ3n) is 7.10. The summed E-state index contributed by atoms with van der Waals surface area (Å²) in [7, 11) is 0. The third kappa shape index (κ3) is 3.51. The number of hydrogen-bond acceptors (Lipinski definition) is 3. The van der Waals surface area contributed by atoms with Crippen molar-refractivity contribution in [2.24, 2.45) is 23.7 Å². The van der Waals surface area contributed by atoms with E-state index >= 15 is 0 Å². The lowest BCUT2D eigenvalue weighted by atomic mass is 9.85. The summed E-state index contributed by atoms with van der Waals surface area (Å²) < 4.78 is 0.939. The van der Waals surface area contributed by atoms with E-state index in [4.69, 9.17) is 0 Å². The minimum absolute atomic E-state index is 0.116. The van der Waals surface area contributed by atoms with Gasteiger partial charge in [-0.25, -0.2) is 0 Å². The van der Waals surface area contributed by atoms with Gasteiger partial charge >= 0.3 is 0 Å². The number of halogens is 1. The lowest BCUT2D eigenvalue weighted by Gasteiger charge is -2.27. The van der Waals surface area contributed by atoms with E-state index in [9.17, 15) is 14.4 Å². The highest BCUT2D eigenvalue weighted by Gasteiger charge is 2.61. The van der Waals surface area contributed by atoms with Gasteiger partial charge in [0.15, 0.2) is 0 Å². The van der Waals surface area contributed by atoms with Gasteiger partial charge in [-0.05, 0) is 54.0 Å². The molecule has 32 heavy (non-hydrogen) atoms. The van der Waals surface area contributed by atoms with E-state index < -0.39 is 6.04 Å². The molecule has 0 unspecified atom stereocenters. The van der Waals surface area contributed by atoms with E-state index in [2.05, 4.69) is 33.4 Å². The second-order valence-electron chi connectivity index (χ2n) is 8.90. The van der Waals surface area contributed by atoms with Gasteiger partial charge in [-0.2, -0.15) is 0 Å². The minimum Gasteiger partial charge on any atom is -0.324 e. The Morgan fingerprint density at radius 3 is 2.34 bits per heavy atom. The average molecular weight is 493 g/mol. The van der Waals surface area contributed by atoms with Crippen LogP contribution in [0.3, 0.4) is 0 Å². The first kappa shape index (κ1) is 21.1. The summed E-state index contributed by atoms with van der Waals surface area (Å²) in [6.07, 6.45) is 6.06. The summed E-state index contributed by atoms with van der Waals surface area (Å²) in [5.74, 6) is -1.12. The van der Waals surface area contributed by atoms with Gasteiger partial charge in [-0.15, -0.1) is 0 Å². The van der Waals surface area contributed by atoms with Crippen LogP contribution < -0.4 is 5.32 Å². The Balaban J connectivity index is 1.47. The van der Waals surface area contributed by atoms with Crippen molar-refractivity contribution >= 4 is 39.3 Å². The number of carbonyl (C=O) groups excluding carboxylic acids is 3. The fourth-order valence-corrected chi connectivity index (χ4v) is 5.97. The number of aryl methyl sites for hydroxylation is 1. The number of nitrogens with zero attached hydrogens (tertiary/aromatic N) is 1. The van der Waals surface area contributed by atoms with Crippen molar-refractivity contribution < 1.29 is 14.4 Å². The lowest BCUT2D eigenvalue weighted by molar-refractivity contribution is -0.147. The van der Waals surface area contributed by atoms with Gasteiger partial charge in [0.2, 0.25) is 17.7 Å². The average Bonchev–Trinajstić information content (AvgIpc) is 3.48. The maximum absolute atomic E-state index is 13.6. The topological polar surface area (TPSA) is 66.5 Å². The van der Waals surface area contributed by atoms with Crippen molar-refractivity contribution in [1.82, 2.24) is 4.90 Å². The second kappa shape index (κ2) is 8.32. The Bertz CT molecular complexity index is 1080. The Labute approximate surface area is 196 Å². The molecule has 1 saturated heterocycles. The highest BCUT2D eigenvalue weighted by atomic mass is 79.9. The van der Waals surface area contributed by atoms with Gasteiger partial charge in [-0.3, -0.25) is 19.3 Å². The Kier molecular flexibility index (Phi) is 5.49. The molecule has 2 bridgehead atoms. The first-order chi connectivity index (χ1) is 15.5. The molecule has 164 valence electrons. The smallest absolute Gasteiger partial charge is 0.248 e. The number of amides is 3. The Morgan fingerprint density at radius 1 is 1.06 bits per heavy atom. The van der Waals surface area contributed by atoms with Crippen LogP contribution >= 0.6 is 15.9 Å². The summed E-state index contributed by atoms with van der Waals surface area (Å²) in [6.45, 7) is 2.02. The minimum atomic E-state index is -0.879. The normalized spacial score (nSPS) is 26.5. The van der Waals surface area contributed by atoms with E-state index in [0.717, 1.165) is 28.4 Å². The molecule has 1 aliphatic heterocycles. The van der Waals surface area contributed by atoms with Crippen molar-refractivity contribution in [2.45, 2.75) is 32.2 Å². The van der Waals surface area contributed by atoms with Gasteiger partial charge in [0.25, 0.3) is 0 Å². The second-order valence-corrected chi connectivity index (χ2v) is 9.81. The Morgan fingerprint density at radius 2 is 1.72 bits per heavy atom. The molecular formula is C26H25BrN2O3. The van der Waals surface area contributed by atoms with Crippen molar-refractivity contribution in [3.63, 3.8) is 0 Å². The molecule has 0 aromatic heterocycles. The molecule has 2 aromatic carbocycles. The number of anilines is 1. The van der Waals surface area contributed by atoms with E-state index in [1.807, 2.05) is 55.5 Å². The predicted molar refractivity (Wildman–Crippen MR) is 126 cm³/mol. The monoisotopic (exact) mass is 492 g/mol. The maximum atomic E-state index is 13.6. The van der Waals surface area contributed by atoms with Crippen LogP contribution in [0.1, 0.15) is 24.5 Å². The molecule has 0 radical (unpaired) electrons. The number of hydrogen-bond donors (Lipinski definition) is 1. The third-order valence-corrected chi connectivity index (χ3v) is 7.59. The standard InChI is InChI=1S/C26H25BrN2O3/c1-2-16-14-19(27)10-11-20(16)28-24(30)21(12-15-6-4-3-5-7-15)29-25(31)22-17-8-9-18(13-17)23(22)26(29)32/h3-11,14,17-18,21-23H,2,12-13H2,1H3,(H,28,30)/t17-,18+,21-,22-,23-/m0/s1. The molecule has 2 aromatic rings. The van der Waals surface area contributed by atoms with Crippen molar-refractivity contribution in [3.8, 4) is 0 Å². The molecule has 5 nitrogen and oxygen atoms in total. The predicted octanol–water partition coefficient (Wildman–Crippen LogP) is 4.37. The number of benzene rings is 2. The van der Waals surface area contributed by atoms with Crippen molar-refractivity contribution in [1.29, 1.82) is 0 Å². The SMILES string of the molecule is CCc1cc(Br)ccc1NC(=O)[C@H](Cc1ccccc1)N1C(=O)[C@@H]2[C@@H](C1=O)[C@H]1C=C[C@@H]2C1. The molecule has 2 fully saturated rings. The maximum Gasteiger partial charge on any atom is 0.248 e. The first-order valence-electron chi connectivity index (χ1n) is 11.2. The van der Waals surface area contributed by atoms with Gasteiger partial charge in [0.1, 0.15) is 6.04 Å². The lowest BCUT2D eigenvalue weighted by Crippen LogP contribution is -2.49. The van der Waals surface area contributed by atoms with Crippen LogP contribution in [0.25, 0.3) is 0 Å². The van der Waals surface area contributed by atoms with Crippen LogP contribution in [-0.4, -0.2) is 28.7 Å². The molecule has 3 amide bonds. The highest BCUT2D eigenvalue weighted by Crippen LogP contribution is 2.53. The zero-order valence-corrected chi connectivity index (χ0v) is 19.4. The van der Waals surface area contributed by atoms with Crippen molar-refractivity contribution in [2.75, 3.05) is 5.32 Å². The fourth-order valence-electron chi connectivity index (χ4n) is 5.56. The van der Waals surface area contributed by atoms with Gasteiger partial charge in [0.05, 0.1) is 11.8 Å². The molecule has 5 atom stereocenters. The van der Waals surface area contributed by atoms with Crippen molar-refractivity contribution in [3.05, 3.63) is 76.3 Å². The van der Waals surface area contributed by atoms with E-state index in [1.165, 1.54) is 4.90 Å². The van der Waals surface area contributed by atoms with Crippen LogP contribution in [0.2, 0.25) is 0 Å². The summed E-state index contributed by atoms with van der Waals surface area (Å²) in [6, 6.07) is 14.4. The quantitative estimate of drug-likeness (QED) is 0.480. The van der Waals surface area contributed by atoms with Crippen LogP contribution in [0.15, 0.2) is 65.2 Å². The summed E-state index contributed by atoms with van der Waals surface area (Å²) in [4.78, 5) is 41.7. The number of fused-ring (bicyclic) bond motifs is 5. The number of likely N-dealkylation sites (tertiary alicyclic amines) is 1. The van der Waals surface area contributed by atoms with E-state index in [-0.39, 0.29) is 41.4 Å². The van der Waals surface area contributed by atoms with Gasteiger partial charge < -0.3 is 5.32 Å². The number of nitrogens with one attached hydrogen (secondary N) is 1. The molecule has 1 N–H and O–H groups in total. The number of rotatable bonds is 6. The number of imide groups is 1. The zero-order chi connectivity index (χ0) is 22.4. The molecule has 1 saturated carbocycles. The van der Waals surface area contributed by atoms with Gasteiger partial charge in [-0.1, -0.05) is 65.3 Å². The van der Waals surface area contributed by atoms with E-state index in [1.54, 1.807) is 0 Å². The molecule has 0 spiro atoms. The molecule has 1 heterocycles. The van der Waals surface area contributed by atoms with E-state index in [0.29, 0.717) is 12.1 Å². The highest BCUT2D eigenvalue weighted by molar-refractivity contribution is 9.10. The zero-order valence-electron chi connectivity index (χ0n) is 17.8. The van der Waals surface area contributed by atoms with Crippen LogP contribution in [0.4, 0.5) is 5.69 Å². The largest absolute Gasteiger partial charge is 0.324 e. The van der Waals surface area contributed by atoms with Crippen LogP contribution in [-0.2, 0) is 27.2 Å². The first-order valence-corrected chi connectivity index (χ1v) is 12.0. The molecule has 6 heteroatoms. The molecule has 5 rings (SSSR count). The number of allylic oxidation sites excluding steroid dienone is 2. The fraction of sp³-hybridized carbons (Fsp3) is 0.346. The van der Waals surface area contributed by atoms with Crippen LogP contribution in [0, 0.1) is 23.7 Å². The van der Waals surface area contributed by atoms with Gasteiger partial charge in [0, 0.05) is 16.6 Å². The number of carbonyl (C=O) groups is 3. The molecular weight excluding hydrogens is 468 g/mol. The van der Waals surface area contributed by atoms with Crippen LogP contribution in [0.5, 0.6) is 0 Å². The summed E-state index contributed by atoms with van der Waals surface area (Å²) in [5.41, 5.74) is 2.61. The summed E-state index contributed by atoms with van der Waals surface area (Å²) >= 11 is 3.47. The summed E-state index contributed by atoms with van der Waals surface area (Å²) in [5, 5.41) is 3.01.